The van der Waals surface area contributed by atoms with Crippen LogP contribution in [0.2, 0.25) is 0 Å². The lowest BCUT2D eigenvalue weighted by atomic mass is 10.2. The molecule has 2 rings (SSSR count). The van der Waals surface area contributed by atoms with E-state index in [2.05, 4.69) is 34.5 Å². The summed E-state index contributed by atoms with van der Waals surface area (Å²) >= 11 is 0. The number of aryl methyl sites for hydroxylation is 1. The Labute approximate surface area is 76.2 Å². The fourth-order valence-electron chi connectivity index (χ4n) is 1.15. The molecule has 0 bridgehead atoms. The quantitative estimate of drug-likeness (QED) is 0.687. The van der Waals surface area contributed by atoms with Crippen molar-refractivity contribution in [2.75, 3.05) is 0 Å². The first kappa shape index (κ1) is 7.91. The molecule has 4 heteroatoms. The standard InChI is InChI=1S/C9H10N4/c1-2-8-3-5-9(6-4-8)13-11-7-10-12-13/h3-7H,2H2,1H3. The third-order valence-corrected chi connectivity index (χ3v) is 1.92. The summed E-state index contributed by atoms with van der Waals surface area (Å²) < 4.78 is 0. The molecule has 2 aromatic rings. The van der Waals surface area contributed by atoms with Crippen LogP contribution in [0.15, 0.2) is 30.6 Å². The highest BCUT2D eigenvalue weighted by Crippen LogP contribution is 2.06. The summed E-state index contributed by atoms with van der Waals surface area (Å²) in [6, 6.07) is 8.11. The van der Waals surface area contributed by atoms with Gasteiger partial charge in [0.2, 0.25) is 0 Å². The minimum atomic E-state index is 0.940. The van der Waals surface area contributed by atoms with Crippen molar-refractivity contribution in [1.82, 2.24) is 20.2 Å². The van der Waals surface area contributed by atoms with Gasteiger partial charge in [-0.25, -0.2) is 0 Å². The number of benzene rings is 1. The van der Waals surface area contributed by atoms with Gasteiger partial charge in [0.05, 0.1) is 5.69 Å². The Kier molecular flexibility index (Phi) is 2.04. The first-order valence-corrected chi connectivity index (χ1v) is 4.22. The maximum Gasteiger partial charge on any atom is 0.162 e. The number of aromatic nitrogens is 4. The summed E-state index contributed by atoms with van der Waals surface area (Å²) in [7, 11) is 0. The molecule has 0 radical (unpaired) electrons. The van der Waals surface area contributed by atoms with Gasteiger partial charge in [0.25, 0.3) is 0 Å². The van der Waals surface area contributed by atoms with Crippen LogP contribution in [0, 0.1) is 0 Å². The molecule has 0 amide bonds. The van der Waals surface area contributed by atoms with E-state index in [0.29, 0.717) is 0 Å². The van der Waals surface area contributed by atoms with Crippen molar-refractivity contribution in [2.24, 2.45) is 0 Å². The summed E-state index contributed by atoms with van der Waals surface area (Å²) in [6.45, 7) is 2.13. The third kappa shape index (κ3) is 1.56. The molecular weight excluding hydrogens is 164 g/mol. The Hall–Kier alpha value is -1.71. The second-order valence-corrected chi connectivity index (χ2v) is 2.75. The molecule has 0 spiro atoms. The zero-order valence-electron chi connectivity index (χ0n) is 7.38. The maximum absolute atomic E-state index is 3.94. The molecule has 0 aliphatic heterocycles. The van der Waals surface area contributed by atoms with Gasteiger partial charge in [-0.15, -0.1) is 15.0 Å². The Morgan fingerprint density at radius 3 is 2.54 bits per heavy atom. The zero-order valence-corrected chi connectivity index (χ0v) is 7.38. The molecule has 0 saturated carbocycles. The number of nitrogens with zero attached hydrogens (tertiary/aromatic N) is 4. The molecule has 0 fully saturated rings. The Bertz CT molecular complexity index is 363. The van der Waals surface area contributed by atoms with Crippen LogP contribution in [0.5, 0.6) is 0 Å². The third-order valence-electron chi connectivity index (χ3n) is 1.92. The summed E-state index contributed by atoms with van der Waals surface area (Å²) in [4.78, 5) is 1.50. The highest BCUT2D eigenvalue weighted by Gasteiger charge is 1.96. The lowest BCUT2D eigenvalue weighted by Gasteiger charge is -1.99. The second kappa shape index (κ2) is 3.35. The van der Waals surface area contributed by atoms with Gasteiger partial charge in [0.15, 0.2) is 6.33 Å². The van der Waals surface area contributed by atoms with Crippen molar-refractivity contribution >= 4 is 0 Å². The molecule has 66 valence electrons. The summed E-state index contributed by atoms with van der Waals surface area (Å²) in [5, 5.41) is 11.4. The normalized spacial score (nSPS) is 10.2. The minimum Gasteiger partial charge on any atom is -0.135 e. The molecule has 0 atom stereocenters. The van der Waals surface area contributed by atoms with Gasteiger partial charge in [0, 0.05) is 0 Å². The molecule has 13 heavy (non-hydrogen) atoms. The van der Waals surface area contributed by atoms with Gasteiger partial charge >= 0.3 is 0 Å². The molecule has 4 nitrogen and oxygen atoms in total. The van der Waals surface area contributed by atoms with Gasteiger partial charge in [-0.1, -0.05) is 19.1 Å². The first-order chi connectivity index (χ1) is 6.40. The van der Waals surface area contributed by atoms with Gasteiger partial charge in [0.1, 0.15) is 0 Å². The number of rotatable bonds is 2. The van der Waals surface area contributed by atoms with E-state index >= 15 is 0 Å². The van der Waals surface area contributed by atoms with Crippen molar-refractivity contribution in [3.63, 3.8) is 0 Å². The van der Waals surface area contributed by atoms with Crippen LogP contribution < -0.4 is 0 Å². The van der Waals surface area contributed by atoms with Gasteiger partial charge in [-0.05, 0) is 29.3 Å². The molecular formula is C9H10N4. The number of hydrogen-bond donors (Lipinski definition) is 0. The number of tetrazole rings is 1. The highest BCUT2D eigenvalue weighted by molar-refractivity contribution is 5.32. The van der Waals surface area contributed by atoms with E-state index in [1.54, 1.807) is 0 Å². The van der Waals surface area contributed by atoms with Crippen LogP contribution in [0.25, 0.3) is 5.69 Å². The van der Waals surface area contributed by atoms with Crippen molar-refractivity contribution < 1.29 is 0 Å². The fourth-order valence-corrected chi connectivity index (χ4v) is 1.15. The van der Waals surface area contributed by atoms with Crippen molar-refractivity contribution in [3.05, 3.63) is 36.2 Å². The van der Waals surface area contributed by atoms with Crippen LogP contribution in [0.3, 0.4) is 0 Å². The Balaban J connectivity index is 2.33. The monoisotopic (exact) mass is 174 g/mol. The minimum absolute atomic E-state index is 0.940. The van der Waals surface area contributed by atoms with Crippen molar-refractivity contribution in [1.29, 1.82) is 0 Å². The largest absolute Gasteiger partial charge is 0.162 e. The molecule has 0 aliphatic carbocycles. The molecule has 0 N–H and O–H groups in total. The van der Waals surface area contributed by atoms with Crippen LogP contribution in [0.4, 0.5) is 0 Å². The predicted octanol–water partition coefficient (Wildman–Crippen LogP) is 1.22. The molecule has 1 aromatic carbocycles. The first-order valence-electron chi connectivity index (χ1n) is 4.22. The van der Waals surface area contributed by atoms with E-state index in [4.69, 9.17) is 0 Å². The van der Waals surface area contributed by atoms with Crippen molar-refractivity contribution in [3.8, 4) is 5.69 Å². The number of hydrogen-bond acceptors (Lipinski definition) is 3. The average Bonchev–Trinajstić information content (AvgIpc) is 2.71. The second-order valence-electron chi connectivity index (χ2n) is 2.75. The lowest BCUT2D eigenvalue weighted by molar-refractivity contribution is 0.719. The van der Waals surface area contributed by atoms with Gasteiger partial charge in [-0.3, -0.25) is 0 Å². The van der Waals surface area contributed by atoms with Crippen LogP contribution in [-0.2, 0) is 6.42 Å². The van der Waals surface area contributed by atoms with Crippen LogP contribution in [0.1, 0.15) is 12.5 Å². The van der Waals surface area contributed by atoms with Crippen molar-refractivity contribution in [2.45, 2.75) is 13.3 Å². The molecule has 0 saturated heterocycles. The van der Waals surface area contributed by atoms with E-state index in [-0.39, 0.29) is 0 Å². The van der Waals surface area contributed by atoms with E-state index in [1.165, 1.54) is 16.7 Å². The Morgan fingerprint density at radius 1 is 1.23 bits per heavy atom. The van der Waals surface area contributed by atoms with E-state index in [1.807, 2.05) is 12.1 Å². The average molecular weight is 174 g/mol. The topological polar surface area (TPSA) is 43.6 Å². The molecule has 0 aliphatic rings. The van der Waals surface area contributed by atoms with Crippen LogP contribution in [-0.4, -0.2) is 20.2 Å². The molecule has 0 unspecified atom stereocenters. The van der Waals surface area contributed by atoms with E-state index in [9.17, 15) is 0 Å². The van der Waals surface area contributed by atoms with E-state index in [0.717, 1.165) is 12.1 Å². The molecule has 1 heterocycles. The SMILES string of the molecule is CCc1ccc(-n2ncnn2)cc1. The predicted molar refractivity (Wildman–Crippen MR) is 48.5 cm³/mol. The summed E-state index contributed by atoms with van der Waals surface area (Å²) in [5.74, 6) is 0. The Morgan fingerprint density at radius 2 is 2.00 bits per heavy atom. The summed E-state index contributed by atoms with van der Waals surface area (Å²) in [6.07, 6.45) is 2.47. The smallest absolute Gasteiger partial charge is 0.135 e. The fraction of sp³-hybridized carbons (Fsp3) is 0.222. The van der Waals surface area contributed by atoms with Gasteiger partial charge < -0.3 is 0 Å². The highest BCUT2D eigenvalue weighted by atomic mass is 15.6. The lowest BCUT2D eigenvalue weighted by Crippen LogP contribution is -1.98. The zero-order chi connectivity index (χ0) is 9.10. The van der Waals surface area contributed by atoms with E-state index < -0.39 is 0 Å². The van der Waals surface area contributed by atoms with Gasteiger partial charge in [-0.2, -0.15) is 0 Å². The molecule has 1 aromatic heterocycles. The maximum atomic E-state index is 3.94. The van der Waals surface area contributed by atoms with Crippen LogP contribution >= 0.6 is 0 Å². The summed E-state index contributed by atoms with van der Waals surface area (Å²) in [5.41, 5.74) is 2.25.